The highest BCUT2D eigenvalue weighted by molar-refractivity contribution is 5.81. The number of nitrogens with one attached hydrogen (secondary N) is 1. The highest BCUT2D eigenvalue weighted by Gasteiger charge is 2.38. The fourth-order valence-electron chi connectivity index (χ4n) is 4.38. The molecular formula is C23H25F2N9. The zero-order valence-electron chi connectivity index (χ0n) is 18.8. The van der Waals surface area contributed by atoms with Crippen LogP contribution in [0.5, 0.6) is 0 Å². The molecule has 4 aromatic heterocycles. The molecule has 0 bridgehead atoms. The molecule has 0 amide bonds. The second kappa shape index (κ2) is 8.98. The van der Waals surface area contributed by atoms with Crippen LogP contribution in [0.25, 0.3) is 11.5 Å². The summed E-state index contributed by atoms with van der Waals surface area (Å²) in [4.78, 5) is 15.5. The minimum atomic E-state index is -2.64. The number of likely N-dealkylation sites (tertiary alicyclic amines) is 1. The van der Waals surface area contributed by atoms with Gasteiger partial charge < -0.3 is 5.41 Å². The van der Waals surface area contributed by atoms with Crippen LogP contribution in [0.4, 0.5) is 8.78 Å². The molecule has 5 rings (SSSR count). The molecule has 176 valence electrons. The fourth-order valence-corrected chi connectivity index (χ4v) is 4.38. The third kappa shape index (κ3) is 4.30. The molecule has 5 heterocycles. The summed E-state index contributed by atoms with van der Waals surface area (Å²) in [7, 11) is 0. The van der Waals surface area contributed by atoms with Gasteiger partial charge in [0, 0.05) is 49.1 Å². The predicted octanol–water partition coefficient (Wildman–Crippen LogP) is 3.09. The van der Waals surface area contributed by atoms with E-state index in [0.717, 1.165) is 29.8 Å². The number of nitrogens with zero attached hydrogens (tertiary/aromatic N) is 8. The van der Waals surface area contributed by atoms with Gasteiger partial charge in [-0.15, -0.1) is 5.10 Å². The normalized spacial score (nSPS) is 15.9. The number of aromatic nitrogens is 7. The Morgan fingerprint density at radius 3 is 2.85 bits per heavy atom. The van der Waals surface area contributed by atoms with Crippen molar-refractivity contribution in [2.24, 2.45) is 0 Å². The number of hydrogen-bond acceptors (Lipinski definition) is 7. The summed E-state index contributed by atoms with van der Waals surface area (Å²) in [5.41, 5.74) is 4.10. The highest BCUT2D eigenvalue weighted by Crippen LogP contribution is 2.28. The number of fused-ring (bicyclic) bond motifs is 1. The molecule has 0 radical (unpaired) electrons. The van der Waals surface area contributed by atoms with Gasteiger partial charge in [0.1, 0.15) is 6.33 Å². The van der Waals surface area contributed by atoms with E-state index in [1.165, 1.54) is 6.21 Å². The van der Waals surface area contributed by atoms with Gasteiger partial charge >= 0.3 is 0 Å². The molecule has 1 aliphatic rings. The Bertz CT molecular complexity index is 1330. The number of pyridine rings is 1. The van der Waals surface area contributed by atoms with Crippen LogP contribution >= 0.6 is 0 Å². The lowest BCUT2D eigenvalue weighted by Crippen LogP contribution is -2.25. The predicted molar refractivity (Wildman–Crippen MR) is 122 cm³/mol. The maximum Gasteiger partial charge on any atom is 0.261 e. The first-order chi connectivity index (χ1) is 16.5. The molecular weight excluding hydrogens is 440 g/mol. The van der Waals surface area contributed by atoms with Gasteiger partial charge in [-0.1, -0.05) is 13.3 Å². The zero-order chi connectivity index (χ0) is 23.7. The molecule has 34 heavy (non-hydrogen) atoms. The van der Waals surface area contributed by atoms with Crippen molar-refractivity contribution in [1.29, 1.82) is 5.41 Å². The first kappa shape index (κ1) is 22.2. The summed E-state index contributed by atoms with van der Waals surface area (Å²) in [6.45, 7) is 2.45. The molecule has 1 saturated heterocycles. The van der Waals surface area contributed by atoms with Gasteiger partial charge in [-0.25, -0.2) is 32.9 Å². The second-order valence-corrected chi connectivity index (χ2v) is 8.50. The van der Waals surface area contributed by atoms with E-state index in [1.807, 2.05) is 12.1 Å². The van der Waals surface area contributed by atoms with E-state index in [2.05, 4.69) is 27.1 Å². The molecule has 0 atom stereocenters. The van der Waals surface area contributed by atoms with Crippen molar-refractivity contribution in [3.05, 3.63) is 65.3 Å². The first-order valence-electron chi connectivity index (χ1n) is 11.3. The van der Waals surface area contributed by atoms with Crippen LogP contribution in [0.3, 0.4) is 0 Å². The lowest BCUT2D eigenvalue weighted by Gasteiger charge is -2.12. The van der Waals surface area contributed by atoms with Gasteiger partial charge in [0.15, 0.2) is 17.3 Å². The van der Waals surface area contributed by atoms with Gasteiger partial charge in [0.05, 0.1) is 24.5 Å². The number of rotatable bonds is 8. The number of halogens is 2. The third-order valence-corrected chi connectivity index (χ3v) is 5.97. The molecule has 1 N–H and O–H groups in total. The summed E-state index contributed by atoms with van der Waals surface area (Å²) in [6.07, 6.45) is 8.29. The van der Waals surface area contributed by atoms with Crippen molar-refractivity contribution in [1.82, 2.24) is 39.2 Å². The number of aryl methyl sites for hydroxylation is 1. The lowest BCUT2D eigenvalue weighted by atomic mass is 10.1. The molecule has 1 aliphatic heterocycles. The molecule has 0 saturated carbocycles. The van der Waals surface area contributed by atoms with Crippen molar-refractivity contribution in [2.75, 3.05) is 13.1 Å². The largest absolute Gasteiger partial charge is 0.308 e. The van der Waals surface area contributed by atoms with Gasteiger partial charge in [-0.3, -0.25) is 4.90 Å². The molecule has 0 spiro atoms. The molecule has 11 heteroatoms. The lowest BCUT2D eigenvalue weighted by molar-refractivity contribution is 0.0113. The average Bonchev–Trinajstić information content (AvgIpc) is 3.54. The summed E-state index contributed by atoms with van der Waals surface area (Å²) < 4.78 is 30.5. The zero-order valence-corrected chi connectivity index (χ0v) is 18.8. The number of alkyl halides is 2. The SMILES string of the molecule is CCCc1c(Cc2ccnn2-c2ncccc2C=N)ncn2nc(CN3CCC(F)(F)C3)nc12. The van der Waals surface area contributed by atoms with Crippen LogP contribution in [0.2, 0.25) is 0 Å². The van der Waals surface area contributed by atoms with Crippen molar-refractivity contribution in [3.8, 4) is 5.82 Å². The van der Waals surface area contributed by atoms with Crippen molar-refractivity contribution >= 4 is 11.9 Å². The van der Waals surface area contributed by atoms with Gasteiger partial charge in [-0.05, 0) is 24.6 Å². The van der Waals surface area contributed by atoms with Crippen LogP contribution in [-0.4, -0.2) is 64.5 Å². The maximum atomic E-state index is 13.6. The fraction of sp³-hybridized carbons (Fsp3) is 0.391. The Morgan fingerprint density at radius 2 is 2.09 bits per heavy atom. The summed E-state index contributed by atoms with van der Waals surface area (Å²) in [5, 5.41) is 16.6. The van der Waals surface area contributed by atoms with E-state index in [9.17, 15) is 8.78 Å². The van der Waals surface area contributed by atoms with E-state index in [1.54, 1.807) is 38.9 Å². The summed E-state index contributed by atoms with van der Waals surface area (Å²) in [6, 6.07) is 5.52. The molecule has 0 unspecified atom stereocenters. The minimum Gasteiger partial charge on any atom is -0.308 e. The van der Waals surface area contributed by atoms with Gasteiger partial charge in [0.2, 0.25) is 0 Å². The van der Waals surface area contributed by atoms with Gasteiger partial charge in [0.25, 0.3) is 5.92 Å². The Morgan fingerprint density at radius 1 is 1.21 bits per heavy atom. The molecule has 0 aromatic carbocycles. The summed E-state index contributed by atoms with van der Waals surface area (Å²) in [5.74, 6) is -1.54. The van der Waals surface area contributed by atoms with Crippen LogP contribution in [0, 0.1) is 5.41 Å². The average molecular weight is 466 g/mol. The summed E-state index contributed by atoms with van der Waals surface area (Å²) >= 11 is 0. The smallest absolute Gasteiger partial charge is 0.261 e. The van der Waals surface area contributed by atoms with Crippen molar-refractivity contribution < 1.29 is 8.78 Å². The van der Waals surface area contributed by atoms with Crippen molar-refractivity contribution in [2.45, 2.75) is 45.1 Å². The molecule has 9 nitrogen and oxygen atoms in total. The van der Waals surface area contributed by atoms with E-state index in [4.69, 9.17) is 10.4 Å². The van der Waals surface area contributed by atoms with Gasteiger partial charge in [-0.2, -0.15) is 5.10 Å². The topological polar surface area (TPSA) is 101 Å². The Hall–Kier alpha value is -3.60. The Balaban J connectivity index is 1.47. The standard InChI is InChI=1S/C23H25F2N9/c1-2-4-18-19(11-17-6-9-29-34(17)21-16(12-26)5-3-8-27-21)28-15-33-22(18)30-20(31-33)13-32-10-7-23(24,25)14-32/h3,5-6,8-9,12,15,26H,2,4,7,10-11,13-14H2,1H3. The van der Waals surface area contributed by atoms with E-state index in [-0.39, 0.29) is 19.5 Å². The van der Waals surface area contributed by atoms with Crippen LogP contribution in [0.15, 0.2) is 36.9 Å². The third-order valence-electron chi connectivity index (χ3n) is 5.97. The van der Waals surface area contributed by atoms with E-state index in [0.29, 0.717) is 35.8 Å². The maximum absolute atomic E-state index is 13.6. The number of hydrogen-bond donors (Lipinski definition) is 1. The first-order valence-corrected chi connectivity index (χ1v) is 11.3. The van der Waals surface area contributed by atoms with E-state index >= 15 is 0 Å². The minimum absolute atomic E-state index is 0.128. The Kier molecular flexibility index (Phi) is 5.86. The quantitative estimate of drug-likeness (QED) is 0.402. The highest BCUT2D eigenvalue weighted by atomic mass is 19.3. The molecule has 4 aromatic rings. The van der Waals surface area contributed by atoms with Crippen LogP contribution in [-0.2, 0) is 19.4 Å². The van der Waals surface area contributed by atoms with Crippen LogP contribution < -0.4 is 0 Å². The second-order valence-electron chi connectivity index (χ2n) is 8.50. The Labute approximate surface area is 195 Å². The monoisotopic (exact) mass is 465 g/mol. The molecule has 1 fully saturated rings. The van der Waals surface area contributed by atoms with E-state index < -0.39 is 5.92 Å². The van der Waals surface area contributed by atoms with Crippen LogP contribution in [0.1, 0.15) is 48.1 Å². The van der Waals surface area contributed by atoms with Crippen molar-refractivity contribution in [3.63, 3.8) is 0 Å². The molecule has 0 aliphatic carbocycles.